The van der Waals surface area contributed by atoms with E-state index in [1.165, 1.54) is 30.0 Å². The van der Waals surface area contributed by atoms with Crippen molar-refractivity contribution in [2.75, 3.05) is 32.0 Å². The van der Waals surface area contributed by atoms with E-state index in [-0.39, 0.29) is 11.9 Å². The number of hydrogen-bond acceptors (Lipinski definition) is 3. The summed E-state index contributed by atoms with van der Waals surface area (Å²) in [6.07, 6.45) is 4.53. The Morgan fingerprint density at radius 2 is 1.95 bits per heavy atom. The summed E-state index contributed by atoms with van der Waals surface area (Å²) in [4.78, 5) is 14.7. The molecular weight excluding hydrogens is 294 g/mol. The summed E-state index contributed by atoms with van der Waals surface area (Å²) in [5, 5.41) is 0. The monoisotopic (exact) mass is 322 g/mol. The lowest BCUT2D eigenvalue weighted by atomic mass is 9.97. The minimum atomic E-state index is 0.0146. The van der Waals surface area contributed by atoms with Crippen LogP contribution in [0.5, 0.6) is 0 Å². The Hall–Kier alpha value is -1.00. The summed E-state index contributed by atoms with van der Waals surface area (Å²) < 4.78 is 5.12. The highest BCUT2D eigenvalue weighted by atomic mass is 32.2. The van der Waals surface area contributed by atoms with Gasteiger partial charge in [0.2, 0.25) is 0 Å². The number of quaternary nitrogens is 1. The number of thioether (sulfide) groups is 1. The second-order valence-electron chi connectivity index (χ2n) is 5.89. The van der Waals surface area contributed by atoms with Crippen LogP contribution in [0.4, 0.5) is 0 Å². The molecule has 1 aromatic rings. The average Bonchev–Trinajstić information content (AvgIpc) is 2.56. The van der Waals surface area contributed by atoms with Crippen LogP contribution in [0.25, 0.3) is 0 Å². The van der Waals surface area contributed by atoms with Gasteiger partial charge in [-0.25, -0.2) is 0 Å². The lowest BCUT2D eigenvalue weighted by molar-refractivity contribution is -0.906. The van der Waals surface area contributed by atoms with Crippen LogP contribution in [0.2, 0.25) is 0 Å². The third-order valence-corrected chi connectivity index (χ3v) is 5.35. The molecule has 0 bridgehead atoms. The molecule has 3 nitrogen and oxygen atoms in total. The number of carbonyl (C=O) groups excluding carboxylic acids is 1. The molecule has 1 N–H and O–H groups in total. The number of carbonyl (C=O) groups is 1. The maximum atomic E-state index is 11.7. The molecule has 0 aliphatic carbocycles. The summed E-state index contributed by atoms with van der Waals surface area (Å²) in [5.74, 6) is 1.36. The van der Waals surface area contributed by atoms with Gasteiger partial charge in [-0.15, -0.1) is 11.8 Å². The van der Waals surface area contributed by atoms with E-state index < -0.39 is 0 Å². The fraction of sp³-hybridized carbons (Fsp3) is 0.611. The third-order valence-electron chi connectivity index (χ3n) is 4.25. The van der Waals surface area contributed by atoms with Crippen molar-refractivity contribution in [1.29, 1.82) is 0 Å². The summed E-state index contributed by atoms with van der Waals surface area (Å²) in [5.41, 5.74) is 0. The number of esters is 1. The number of likely N-dealkylation sites (tertiary alicyclic amines) is 1. The summed E-state index contributed by atoms with van der Waals surface area (Å²) in [6, 6.07) is 10.6. The Morgan fingerprint density at radius 1 is 1.23 bits per heavy atom. The molecule has 4 heteroatoms. The molecule has 1 heterocycles. The Morgan fingerprint density at radius 3 is 2.64 bits per heavy atom. The highest BCUT2D eigenvalue weighted by molar-refractivity contribution is 7.99. The fourth-order valence-electron chi connectivity index (χ4n) is 2.96. The van der Waals surface area contributed by atoms with Crippen LogP contribution in [-0.4, -0.2) is 38.0 Å². The van der Waals surface area contributed by atoms with Gasteiger partial charge in [-0.2, -0.15) is 0 Å². The molecular formula is C18H28NO2S+. The Labute approximate surface area is 138 Å². The second-order valence-corrected chi connectivity index (χ2v) is 7.06. The number of unbranched alkanes of at least 4 members (excludes halogenated alkanes) is 1. The van der Waals surface area contributed by atoms with E-state index in [2.05, 4.69) is 30.3 Å². The summed E-state index contributed by atoms with van der Waals surface area (Å²) in [6.45, 7) is 5.87. The van der Waals surface area contributed by atoms with Gasteiger partial charge in [0.1, 0.15) is 0 Å². The zero-order chi connectivity index (χ0) is 15.6. The molecule has 22 heavy (non-hydrogen) atoms. The van der Waals surface area contributed by atoms with Crippen LogP contribution >= 0.6 is 11.8 Å². The first kappa shape index (κ1) is 17.4. The van der Waals surface area contributed by atoms with Crippen molar-refractivity contribution in [3.8, 4) is 0 Å². The van der Waals surface area contributed by atoms with Gasteiger partial charge in [0.15, 0.2) is 0 Å². The van der Waals surface area contributed by atoms with Crippen molar-refractivity contribution in [3.05, 3.63) is 30.3 Å². The van der Waals surface area contributed by atoms with Crippen molar-refractivity contribution in [1.82, 2.24) is 0 Å². The molecule has 0 radical (unpaired) electrons. The Kier molecular flexibility index (Phi) is 7.81. The van der Waals surface area contributed by atoms with Gasteiger partial charge >= 0.3 is 5.97 Å². The Bertz CT molecular complexity index is 430. The van der Waals surface area contributed by atoms with E-state index in [9.17, 15) is 4.79 Å². The lowest BCUT2D eigenvalue weighted by Gasteiger charge is -2.28. The number of benzene rings is 1. The van der Waals surface area contributed by atoms with E-state index in [0.717, 1.165) is 25.9 Å². The molecule has 1 aliphatic heterocycles. The van der Waals surface area contributed by atoms with Gasteiger partial charge in [-0.1, -0.05) is 18.2 Å². The number of piperidine rings is 1. The molecule has 1 saturated heterocycles. The van der Waals surface area contributed by atoms with E-state index in [1.54, 1.807) is 4.90 Å². The van der Waals surface area contributed by atoms with Crippen LogP contribution in [0.1, 0.15) is 32.6 Å². The van der Waals surface area contributed by atoms with Gasteiger partial charge in [0.25, 0.3) is 0 Å². The predicted octanol–water partition coefficient (Wildman–Crippen LogP) is 2.42. The van der Waals surface area contributed by atoms with Crippen molar-refractivity contribution in [2.45, 2.75) is 37.5 Å². The van der Waals surface area contributed by atoms with Crippen LogP contribution in [0.3, 0.4) is 0 Å². The molecule has 1 aromatic carbocycles. The average molecular weight is 322 g/mol. The van der Waals surface area contributed by atoms with Crippen molar-refractivity contribution in [2.24, 2.45) is 5.92 Å². The molecule has 0 saturated carbocycles. The van der Waals surface area contributed by atoms with E-state index in [0.29, 0.717) is 6.61 Å². The summed E-state index contributed by atoms with van der Waals surface area (Å²) in [7, 11) is 0. The van der Waals surface area contributed by atoms with Gasteiger partial charge in [0.05, 0.1) is 32.2 Å². The number of hydrogen-bond donors (Lipinski definition) is 1. The first-order valence-electron chi connectivity index (χ1n) is 8.47. The molecule has 1 aliphatic rings. The number of ether oxygens (including phenoxy) is 1. The zero-order valence-corrected chi connectivity index (χ0v) is 14.4. The van der Waals surface area contributed by atoms with E-state index in [4.69, 9.17) is 4.74 Å². The first-order valence-corrected chi connectivity index (χ1v) is 9.46. The van der Waals surface area contributed by atoms with Crippen LogP contribution in [-0.2, 0) is 9.53 Å². The largest absolute Gasteiger partial charge is 0.466 e. The molecule has 0 amide bonds. The quantitative estimate of drug-likeness (QED) is 0.453. The highest BCUT2D eigenvalue weighted by Gasteiger charge is 2.27. The number of rotatable bonds is 8. The van der Waals surface area contributed by atoms with E-state index in [1.807, 2.05) is 18.7 Å². The maximum Gasteiger partial charge on any atom is 0.309 e. The van der Waals surface area contributed by atoms with Crippen LogP contribution in [0, 0.1) is 5.92 Å². The highest BCUT2D eigenvalue weighted by Crippen LogP contribution is 2.18. The third kappa shape index (κ3) is 6.01. The van der Waals surface area contributed by atoms with Gasteiger partial charge in [0, 0.05) is 17.7 Å². The van der Waals surface area contributed by atoms with Crippen molar-refractivity contribution < 1.29 is 14.4 Å². The fourth-order valence-corrected chi connectivity index (χ4v) is 3.89. The standard InChI is InChI=1S/C18H27NO2S/c1-2-21-18(20)16-10-13-19(14-11-16)12-6-7-15-22-17-8-4-3-5-9-17/h3-5,8-9,16H,2,6-7,10-15H2,1H3/p+1. The van der Waals surface area contributed by atoms with Gasteiger partial charge in [-0.05, 0) is 37.7 Å². The van der Waals surface area contributed by atoms with E-state index >= 15 is 0 Å². The molecule has 122 valence electrons. The van der Waals surface area contributed by atoms with Gasteiger partial charge in [-0.3, -0.25) is 4.79 Å². The maximum absolute atomic E-state index is 11.7. The normalized spacial score (nSPS) is 21.5. The minimum Gasteiger partial charge on any atom is -0.466 e. The predicted molar refractivity (Wildman–Crippen MR) is 91.3 cm³/mol. The van der Waals surface area contributed by atoms with Crippen molar-refractivity contribution >= 4 is 17.7 Å². The molecule has 1 fully saturated rings. The second kappa shape index (κ2) is 9.90. The smallest absolute Gasteiger partial charge is 0.309 e. The molecule has 0 unspecified atom stereocenters. The Balaban J connectivity index is 1.53. The van der Waals surface area contributed by atoms with Gasteiger partial charge < -0.3 is 9.64 Å². The molecule has 0 spiro atoms. The lowest BCUT2D eigenvalue weighted by Crippen LogP contribution is -3.13. The SMILES string of the molecule is CCOC(=O)C1CC[NH+](CCCCSc2ccccc2)CC1. The topological polar surface area (TPSA) is 30.7 Å². The van der Waals surface area contributed by atoms with Crippen LogP contribution < -0.4 is 4.90 Å². The van der Waals surface area contributed by atoms with Crippen LogP contribution in [0.15, 0.2) is 35.2 Å². The molecule has 0 aromatic heterocycles. The molecule has 0 atom stereocenters. The minimum absolute atomic E-state index is 0.0146. The summed E-state index contributed by atoms with van der Waals surface area (Å²) >= 11 is 1.95. The zero-order valence-electron chi connectivity index (χ0n) is 13.6. The molecule has 2 rings (SSSR count). The number of nitrogens with one attached hydrogen (secondary N) is 1. The van der Waals surface area contributed by atoms with Crippen molar-refractivity contribution in [3.63, 3.8) is 0 Å². The first-order chi connectivity index (χ1) is 10.8.